The average Bonchev–Trinajstić information content (AvgIpc) is 2.22. The predicted octanol–water partition coefficient (Wildman–Crippen LogP) is 3.05. The molecule has 0 bridgehead atoms. The molecule has 84 valence electrons. The van der Waals surface area contributed by atoms with Gasteiger partial charge in [0.05, 0.1) is 0 Å². The second-order valence-electron chi connectivity index (χ2n) is 4.17. The molecule has 0 saturated carbocycles. The topological polar surface area (TPSA) is 26.0 Å². The largest absolute Gasteiger partial charge is 0.330 e. The maximum absolute atomic E-state index is 13.1. The van der Waals surface area contributed by atoms with Crippen LogP contribution in [0.2, 0.25) is 0 Å². The van der Waals surface area contributed by atoms with Crippen molar-refractivity contribution in [2.45, 2.75) is 33.1 Å². The highest BCUT2D eigenvalue weighted by Gasteiger charge is 2.09. The second-order valence-corrected chi connectivity index (χ2v) is 4.17. The molecule has 1 aromatic rings. The molecule has 1 rings (SSSR count). The standard InChI is InChI=1S/C13H20FN/c1-3-4-11(9-15)7-12-8-13(14)6-5-10(12)2/h5-6,8,11H,3-4,7,9,15H2,1-2H3. The summed E-state index contributed by atoms with van der Waals surface area (Å²) in [5.74, 6) is 0.332. The van der Waals surface area contributed by atoms with Crippen molar-refractivity contribution in [2.75, 3.05) is 6.54 Å². The van der Waals surface area contributed by atoms with Crippen LogP contribution in [-0.2, 0) is 6.42 Å². The third kappa shape index (κ3) is 3.63. The number of hydrogen-bond acceptors (Lipinski definition) is 1. The van der Waals surface area contributed by atoms with Crippen molar-refractivity contribution in [1.82, 2.24) is 0 Å². The summed E-state index contributed by atoms with van der Waals surface area (Å²) in [5, 5.41) is 0. The minimum atomic E-state index is -0.150. The molecule has 15 heavy (non-hydrogen) atoms. The average molecular weight is 209 g/mol. The monoisotopic (exact) mass is 209 g/mol. The molecule has 0 fully saturated rings. The number of hydrogen-bond donors (Lipinski definition) is 1. The van der Waals surface area contributed by atoms with Crippen LogP contribution in [0.25, 0.3) is 0 Å². The lowest BCUT2D eigenvalue weighted by molar-refractivity contribution is 0.485. The maximum Gasteiger partial charge on any atom is 0.123 e. The lowest BCUT2D eigenvalue weighted by Gasteiger charge is -2.15. The first-order chi connectivity index (χ1) is 7.17. The lowest BCUT2D eigenvalue weighted by atomic mass is 9.93. The van der Waals surface area contributed by atoms with E-state index in [-0.39, 0.29) is 5.82 Å². The van der Waals surface area contributed by atoms with Gasteiger partial charge in [-0.1, -0.05) is 19.4 Å². The predicted molar refractivity (Wildman–Crippen MR) is 62.3 cm³/mol. The second kappa shape index (κ2) is 5.86. The van der Waals surface area contributed by atoms with Crippen LogP contribution in [0.15, 0.2) is 18.2 Å². The first-order valence-electron chi connectivity index (χ1n) is 5.62. The Labute approximate surface area is 91.5 Å². The van der Waals surface area contributed by atoms with Crippen LogP contribution in [0.5, 0.6) is 0 Å². The van der Waals surface area contributed by atoms with Gasteiger partial charge in [0.2, 0.25) is 0 Å². The van der Waals surface area contributed by atoms with Crippen LogP contribution in [0.3, 0.4) is 0 Å². The molecule has 0 spiro atoms. The van der Waals surface area contributed by atoms with Crippen LogP contribution in [0.4, 0.5) is 4.39 Å². The van der Waals surface area contributed by atoms with E-state index in [4.69, 9.17) is 5.73 Å². The molecule has 1 atom stereocenters. The maximum atomic E-state index is 13.1. The fourth-order valence-corrected chi connectivity index (χ4v) is 1.88. The van der Waals surface area contributed by atoms with Gasteiger partial charge in [-0.3, -0.25) is 0 Å². The van der Waals surface area contributed by atoms with Crippen molar-refractivity contribution >= 4 is 0 Å². The number of aryl methyl sites for hydroxylation is 1. The molecular weight excluding hydrogens is 189 g/mol. The van der Waals surface area contributed by atoms with Crippen molar-refractivity contribution in [3.05, 3.63) is 35.1 Å². The van der Waals surface area contributed by atoms with Gasteiger partial charge in [0, 0.05) is 0 Å². The Kier molecular flexibility index (Phi) is 4.76. The summed E-state index contributed by atoms with van der Waals surface area (Å²) in [7, 11) is 0. The number of rotatable bonds is 5. The summed E-state index contributed by atoms with van der Waals surface area (Å²) in [5.41, 5.74) is 7.96. The quantitative estimate of drug-likeness (QED) is 0.792. The molecule has 2 N–H and O–H groups in total. The third-order valence-electron chi connectivity index (χ3n) is 2.85. The number of nitrogens with two attached hydrogens (primary N) is 1. The van der Waals surface area contributed by atoms with E-state index in [1.165, 1.54) is 6.07 Å². The van der Waals surface area contributed by atoms with Gasteiger partial charge in [-0.2, -0.15) is 0 Å². The molecule has 0 aromatic heterocycles. The van der Waals surface area contributed by atoms with E-state index in [0.717, 1.165) is 30.4 Å². The van der Waals surface area contributed by atoms with Crippen LogP contribution in [0, 0.1) is 18.7 Å². The van der Waals surface area contributed by atoms with Gasteiger partial charge >= 0.3 is 0 Å². The Morgan fingerprint density at radius 1 is 1.40 bits per heavy atom. The first-order valence-corrected chi connectivity index (χ1v) is 5.62. The summed E-state index contributed by atoms with van der Waals surface area (Å²) in [6.07, 6.45) is 3.15. The van der Waals surface area contributed by atoms with Crippen molar-refractivity contribution in [3.8, 4) is 0 Å². The number of halogens is 1. The minimum absolute atomic E-state index is 0.150. The molecule has 0 aliphatic carbocycles. The highest BCUT2D eigenvalue weighted by molar-refractivity contribution is 5.26. The molecular formula is C13H20FN. The molecule has 0 aliphatic heterocycles. The van der Waals surface area contributed by atoms with Gasteiger partial charge in [0.1, 0.15) is 5.82 Å². The molecule has 1 aromatic carbocycles. The van der Waals surface area contributed by atoms with E-state index >= 15 is 0 Å². The zero-order valence-electron chi connectivity index (χ0n) is 9.59. The van der Waals surface area contributed by atoms with Gasteiger partial charge in [-0.05, 0) is 55.5 Å². The molecule has 1 nitrogen and oxygen atoms in total. The summed E-state index contributed by atoms with van der Waals surface area (Å²) in [4.78, 5) is 0. The van der Waals surface area contributed by atoms with Crippen molar-refractivity contribution in [2.24, 2.45) is 11.7 Å². The normalized spacial score (nSPS) is 12.8. The molecule has 0 saturated heterocycles. The minimum Gasteiger partial charge on any atom is -0.330 e. The Morgan fingerprint density at radius 2 is 2.13 bits per heavy atom. The molecule has 0 amide bonds. The number of benzene rings is 1. The summed E-state index contributed by atoms with van der Waals surface area (Å²) in [6.45, 7) is 4.86. The molecule has 0 heterocycles. The summed E-state index contributed by atoms with van der Waals surface area (Å²) in [6, 6.07) is 4.98. The zero-order valence-corrected chi connectivity index (χ0v) is 9.59. The molecule has 0 radical (unpaired) electrons. The van der Waals surface area contributed by atoms with Crippen LogP contribution >= 0.6 is 0 Å². The van der Waals surface area contributed by atoms with E-state index < -0.39 is 0 Å². The van der Waals surface area contributed by atoms with E-state index in [1.807, 2.05) is 13.0 Å². The van der Waals surface area contributed by atoms with Crippen molar-refractivity contribution in [3.63, 3.8) is 0 Å². The van der Waals surface area contributed by atoms with E-state index in [9.17, 15) is 4.39 Å². The van der Waals surface area contributed by atoms with E-state index in [1.54, 1.807) is 6.07 Å². The van der Waals surface area contributed by atoms with Gasteiger partial charge in [0.25, 0.3) is 0 Å². The highest BCUT2D eigenvalue weighted by Crippen LogP contribution is 2.17. The van der Waals surface area contributed by atoms with Crippen LogP contribution in [0.1, 0.15) is 30.9 Å². The third-order valence-corrected chi connectivity index (χ3v) is 2.85. The Balaban J connectivity index is 2.73. The Morgan fingerprint density at radius 3 is 2.73 bits per heavy atom. The molecule has 0 aliphatic rings. The highest BCUT2D eigenvalue weighted by atomic mass is 19.1. The first kappa shape index (κ1) is 12.2. The van der Waals surface area contributed by atoms with Crippen LogP contribution in [-0.4, -0.2) is 6.54 Å². The summed E-state index contributed by atoms with van der Waals surface area (Å²) < 4.78 is 13.1. The zero-order chi connectivity index (χ0) is 11.3. The van der Waals surface area contributed by atoms with Crippen molar-refractivity contribution < 1.29 is 4.39 Å². The van der Waals surface area contributed by atoms with Gasteiger partial charge < -0.3 is 5.73 Å². The van der Waals surface area contributed by atoms with Gasteiger partial charge in [-0.15, -0.1) is 0 Å². The fourth-order valence-electron chi connectivity index (χ4n) is 1.88. The smallest absolute Gasteiger partial charge is 0.123 e. The van der Waals surface area contributed by atoms with E-state index in [0.29, 0.717) is 12.5 Å². The lowest BCUT2D eigenvalue weighted by Crippen LogP contribution is -2.17. The molecule has 2 heteroatoms. The van der Waals surface area contributed by atoms with Crippen LogP contribution < -0.4 is 5.73 Å². The summed E-state index contributed by atoms with van der Waals surface area (Å²) >= 11 is 0. The van der Waals surface area contributed by atoms with Gasteiger partial charge in [-0.25, -0.2) is 4.39 Å². The van der Waals surface area contributed by atoms with Crippen molar-refractivity contribution in [1.29, 1.82) is 0 Å². The SMILES string of the molecule is CCCC(CN)Cc1cc(F)ccc1C. The fraction of sp³-hybridized carbons (Fsp3) is 0.538. The van der Waals surface area contributed by atoms with Gasteiger partial charge in [0.15, 0.2) is 0 Å². The Hall–Kier alpha value is -0.890. The molecule has 1 unspecified atom stereocenters. The Bertz CT molecular complexity index is 309. The van der Waals surface area contributed by atoms with E-state index in [2.05, 4.69) is 6.92 Å².